The van der Waals surface area contributed by atoms with Crippen molar-refractivity contribution in [2.24, 2.45) is 11.7 Å². The van der Waals surface area contributed by atoms with Crippen molar-refractivity contribution in [1.29, 1.82) is 0 Å². The lowest BCUT2D eigenvalue weighted by Crippen LogP contribution is -2.25. The Labute approximate surface area is 101 Å². The maximum absolute atomic E-state index is 11.7. The number of rotatable bonds is 4. The standard InChI is InChI=1S/C12H17N3O2/c1-17-11-4-9(2-3-14-11)7-15-8-10(6-13)5-12(15)16/h2-4,10H,5-8,13H2,1H3. The normalized spacial score (nSPS) is 19.8. The molecule has 1 atom stereocenters. The number of hydrogen-bond donors (Lipinski definition) is 1. The molecule has 0 saturated carbocycles. The Bertz CT molecular complexity index is 408. The number of nitrogens with two attached hydrogens (primary N) is 1. The van der Waals surface area contributed by atoms with Gasteiger partial charge in [-0.15, -0.1) is 0 Å². The van der Waals surface area contributed by atoms with E-state index in [1.807, 2.05) is 17.0 Å². The summed E-state index contributed by atoms with van der Waals surface area (Å²) in [5.74, 6) is 1.05. The maximum atomic E-state index is 11.7. The van der Waals surface area contributed by atoms with Crippen LogP contribution in [0, 0.1) is 5.92 Å². The van der Waals surface area contributed by atoms with Gasteiger partial charge in [0, 0.05) is 31.8 Å². The minimum atomic E-state index is 0.177. The SMILES string of the molecule is COc1cc(CN2CC(CN)CC2=O)ccn1. The minimum Gasteiger partial charge on any atom is -0.481 e. The van der Waals surface area contributed by atoms with Gasteiger partial charge in [-0.25, -0.2) is 4.98 Å². The molecule has 0 bridgehead atoms. The lowest BCUT2D eigenvalue weighted by atomic mass is 10.1. The van der Waals surface area contributed by atoms with Gasteiger partial charge in [-0.1, -0.05) is 0 Å². The van der Waals surface area contributed by atoms with Gasteiger partial charge in [-0.3, -0.25) is 4.79 Å². The van der Waals surface area contributed by atoms with Crippen molar-refractivity contribution < 1.29 is 9.53 Å². The summed E-state index contributed by atoms with van der Waals surface area (Å²) < 4.78 is 5.05. The first-order valence-corrected chi connectivity index (χ1v) is 5.69. The van der Waals surface area contributed by atoms with E-state index >= 15 is 0 Å². The number of ether oxygens (including phenoxy) is 1. The van der Waals surface area contributed by atoms with E-state index in [2.05, 4.69) is 4.98 Å². The number of amides is 1. The molecule has 1 aliphatic heterocycles. The molecule has 1 fully saturated rings. The summed E-state index contributed by atoms with van der Waals surface area (Å²) in [6.45, 7) is 1.93. The lowest BCUT2D eigenvalue weighted by Gasteiger charge is -2.16. The first-order valence-electron chi connectivity index (χ1n) is 5.69. The molecule has 5 heteroatoms. The van der Waals surface area contributed by atoms with Crippen molar-refractivity contribution in [3.63, 3.8) is 0 Å². The van der Waals surface area contributed by atoms with Crippen LogP contribution in [0.15, 0.2) is 18.3 Å². The summed E-state index contributed by atoms with van der Waals surface area (Å²) in [6.07, 6.45) is 2.26. The van der Waals surface area contributed by atoms with Crippen molar-refractivity contribution in [3.05, 3.63) is 23.9 Å². The Morgan fingerprint density at radius 1 is 1.65 bits per heavy atom. The van der Waals surface area contributed by atoms with Gasteiger partial charge >= 0.3 is 0 Å². The van der Waals surface area contributed by atoms with Crippen molar-refractivity contribution >= 4 is 5.91 Å². The molecule has 92 valence electrons. The monoisotopic (exact) mass is 235 g/mol. The zero-order valence-electron chi connectivity index (χ0n) is 9.93. The molecular weight excluding hydrogens is 218 g/mol. The van der Waals surface area contributed by atoms with Crippen LogP contribution < -0.4 is 10.5 Å². The Hall–Kier alpha value is -1.62. The first-order chi connectivity index (χ1) is 8.22. The highest BCUT2D eigenvalue weighted by Crippen LogP contribution is 2.20. The molecule has 1 saturated heterocycles. The van der Waals surface area contributed by atoms with Gasteiger partial charge in [0.1, 0.15) is 0 Å². The summed E-state index contributed by atoms with van der Waals surface area (Å²) in [5, 5.41) is 0. The van der Waals surface area contributed by atoms with E-state index in [4.69, 9.17) is 10.5 Å². The molecule has 5 nitrogen and oxygen atoms in total. The number of aromatic nitrogens is 1. The molecule has 0 aliphatic carbocycles. The molecule has 1 amide bonds. The highest BCUT2D eigenvalue weighted by Gasteiger charge is 2.28. The van der Waals surface area contributed by atoms with Crippen LogP contribution in [0.2, 0.25) is 0 Å². The highest BCUT2D eigenvalue weighted by molar-refractivity contribution is 5.78. The predicted octanol–water partition coefficient (Wildman–Crippen LogP) is 0.397. The Balaban J connectivity index is 2.03. The van der Waals surface area contributed by atoms with Crippen LogP contribution in [0.25, 0.3) is 0 Å². The van der Waals surface area contributed by atoms with E-state index in [-0.39, 0.29) is 5.91 Å². The number of methoxy groups -OCH3 is 1. The summed E-state index contributed by atoms with van der Waals surface area (Å²) in [4.78, 5) is 17.6. The topological polar surface area (TPSA) is 68.5 Å². The zero-order valence-corrected chi connectivity index (χ0v) is 9.93. The average molecular weight is 235 g/mol. The molecule has 1 aliphatic rings. The van der Waals surface area contributed by atoms with Crippen molar-refractivity contribution in [2.75, 3.05) is 20.2 Å². The van der Waals surface area contributed by atoms with Crippen LogP contribution in [-0.2, 0) is 11.3 Å². The van der Waals surface area contributed by atoms with E-state index in [1.165, 1.54) is 0 Å². The molecule has 0 aromatic carbocycles. The third-order valence-electron chi connectivity index (χ3n) is 3.01. The van der Waals surface area contributed by atoms with E-state index in [0.29, 0.717) is 31.3 Å². The lowest BCUT2D eigenvalue weighted by molar-refractivity contribution is -0.128. The van der Waals surface area contributed by atoms with Gasteiger partial charge < -0.3 is 15.4 Å². The Kier molecular flexibility index (Phi) is 3.58. The first kappa shape index (κ1) is 11.9. The fourth-order valence-corrected chi connectivity index (χ4v) is 2.05. The molecule has 1 unspecified atom stereocenters. The highest BCUT2D eigenvalue weighted by atomic mass is 16.5. The van der Waals surface area contributed by atoms with Crippen LogP contribution in [0.1, 0.15) is 12.0 Å². The molecule has 2 heterocycles. The van der Waals surface area contributed by atoms with Gasteiger partial charge in [0.15, 0.2) is 0 Å². The van der Waals surface area contributed by atoms with Crippen LogP contribution in [0.4, 0.5) is 0 Å². The summed E-state index contributed by atoms with van der Waals surface area (Å²) in [5.41, 5.74) is 6.62. The van der Waals surface area contributed by atoms with Crippen LogP contribution in [0.5, 0.6) is 5.88 Å². The summed E-state index contributed by atoms with van der Waals surface area (Å²) >= 11 is 0. The number of carbonyl (C=O) groups is 1. The quantitative estimate of drug-likeness (QED) is 0.820. The zero-order chi connectivity index (χ0) is 12.3. The average Bonchev–Trinajstić information content (AvgIpc) is 2.70. The molecule has 17 heavy (non-hydrogen) atoms. The largest absolute Gasteiger partial charge is 0.481 e. The number of nitrogens with zero attached hydrogens (tertiary/aromatic N) is 2. The van der Waals surface area contributed by atoms with Crippen molar-refractivity contribution in [2.45, 2.75) is 13.0 Å². The third kappa shape index (κ3) is 2.74. The second kappa shape index (κ2) is 5.14. The van der Waals surface area contributed by atoms with Gasteiger partial charge in [-0.2, -0.15) is 0 Å². The second-order valence-corrected chi connectivity index (χ2v) is 4.29. The molecule has 2 rings (SSSR count). The number of carbonyl (C=O) groups excluding carboxylic acids is 1. The molecule has 0 spiro atoms. The van der Waals surface area contributed by atoms with E-state index < -0.39 is 0 Å². The predicted molar refractivity (Wildman–Crippen MR) is 63.4 cm³/mol. The van der Waals surface area contributed by atoms with E-state index in [1.54, 1.807) is 13.3 Å². The minimum absolute atomic E-state index is 0.177. The number of hydrogen-bond acceptors (Lipinski definition) is 4. The Morgan fingerprint density at radius 3 is 3.12 bits per heavy atom. The van der Waals surface area contributed by atoms with Crippen molar-refractivity contribution in [3.8, 4) is 5.88 Å². The molecule has 1 aromatic rings. The van der Waals surface area contributed by atoms with Gasteiger partial charge in [0.25, 0.3) is 0 Å². The molecule has 2 N–H and O–H groups in total. The van der Waals surface area contributed by atoms with E-state index in [0.717, 1.165) is 12.1 Å². The second-order valence-electron chi connectivity index (χ2n) is 4.29. The fraction of sp³-hybridized carbons (Fsp3) is 0.500. The molecule has 1 aromatic heterocycles. The van der Waals surface area contributed by atoms with Gasteiger partial charge in [-0.05, 0) is 24.1 Å². The van der Waals surface area contributed by atoms with Crippen LogP contribution in [0.3, 0.4) is 0 Å². The van der Waals surface area contributed by atoms with Gasteiger partial charge in [0.05, 0.1) is 7.11 Å². The van der Waals surface area contributed by atoms with E-state index in [9.17, 15) is 4.79 Å². The molecular formula is C12H17N3O2. The molecule has 0 radical (unpaired) electrons. The smallest absolute Gasteiger partial charge is 0.223 e. The van der Waals surface area contributed by atoms with Crippen LogP contribution >= 0.6 is 0 Å². The summed E-state index contributed by atoms with van der Waals surface area (Å²) in [6, 6.07) is 3.74. The number of pyridine rings is 1. The third-order valence-corrected chi connectivity index (χ3v) is 3.01. The fourth-order valence-electron chi connectivity index (χ4n) is 2.05. The van der Waals surface area contributed by atoms with Crippen LogP contribution in [-0.4, -0.2) is 36.0 Å². The van der Waals surface area contributed by atoms with Gasteiger partial charge in [0.2, 0.25) is 11.8 Å². The Morgan fingerprint density at radius 2 is 2.47 bits per heavy atom. The summed E-state index contributed by atoms with van der Waals surface area (Å²) in [7, 11) is 1.58. The maximum Gasteiger partial charge on any atom is 0.223 e. The number of likely N-dealkylation sites (tertiary alicyclic amines) is 1. The van der Waals surface area contributed by atoms with Crippen molar-refractivity contribution in [1.82, 2.24) is 9.88 Å².